The van der Waals surface area contributed by atoms with Crippen LogP contribution in [0.4, 0.5) is 11.4 Å². The maximum Gasteiger partial charge on any atom is 0.270 e. The van der Waals surface area contributed by atoms with Gasteiger partial charge in [-0.2, -0.15) is 0 Å². The van der Waals surface area contributed by atoms with Crippen molar-refractivity contribution in [3.8, 4) is 0 Å². The van der Waals surface area contributed by atoms with Crippen LogP contribution in [0.3, 0.4) is 0 Å². The molecule has 1 aromatic carbocycles. The number of anilines is 1. The lowest BCUT2D eigenvalue weighted by molar-refractivity contribution is -0.384. The maximum absolute atomic E-state index is 10.6. The second-order valence-corrected chi connectivity index (χ2v) is 5.82. The molecule has 5 heteroatoms. The first-order chi connectivity index (χ1) is 8.58. The van der Waals surface area contributed by atoms with E-state index in [2.05, 4.69) is 28.2 Å². The van der Waals surface area contributed by atoms with E-state index in [1.54, 1.807) is 12.1 Å². The Bertz CT molecular complexity index is 451. The first-order valence-corrected chi connectivity index (χ1v) is 7.05. The van der Waals surface area contributed by atoms with E-state index < -0.39 is 0 Å². The largest absolute Gasteiger partial charge is 0.384 e. The van der Waals surface area contributed by atoms with E-state index in [9.17, 15) is 10.1 Å². The van der Waals surface area contributed by atoms with Crippen LogP contribution in [0, 0.1) is 22.0 Å². The second-order valence-electron chi connectivity index (χ2n) is 4.97. The predicted octanol–water partition coefficient (Wildman–Crippen LogP) is 4.21. The summed E-state index contributed by atoms with van der Waals surface area (Å²) < 4.78 is 0.752. The normalized spacial score (nSPS) is 23.0. The molecule has 1 aromatic rings. The fourth-order valence-electron chi connectivity index (χ4n) is 2.53. The van der Waals surface area contributed by atoms with Crippen molar-refractivity contribution in [2.75, 3.05) is 11.9 Å². The standard InChI is InChI=1S/C13H17BrN2O2/c1-9-3-2-4-10(9)8-15-13-6-5-11(16(17)18)7-12(13)14/h5-7,9-10,15H,2-4,8H2,1H3. The van der Waals surface area contributed by atoms with Crippen molar-refractivity contribution in [2.45, 2.75) is 26.2 Å². The second kappa shape index (κ2) is 5.69. The fraction of sp³-hybridized carbons (Fsp3) is 0.538. The van der Waals surface area contributed by atoms with E-state index in [1.165, 1.54) is 25.3 Å². The molecular formula is C13H17BrN2O2. The van der Waals surface area contributed by atoms with Crippen molar-refractivity contribution in [3.63, 3.8) is 0 Å². The third kappa shape index (κ3) is 3.02. The number of benzene rings is 1. The third-order valence-corrected chi connectivity index (χ3v) is 4.41. The van der Waals surface area contributed by atoms with E-state index in [0.29, 0.717) is 5.92 Å². The highest BCUT2D eigenvalue weighted by molar-refractivity contribution is 9.10. The highest BCUT2D eigenvalue weighted by Gasteiger charge is 2.23. The zero-order valence-electron chi connectivity index (χ0n) is 10.4. The Morgan fingerprint density at radius 2 is 2.28 bits per heavy atom. The van der Waals surface area contributed by atoms with Gasteiger partial charge in [0.05, 0.1) is 4.92 Å². The summed E-state index contributed by atoms with van der Waals surface area (Å²) in [6.07, 6.45) is 3.90. The Kier molecular flexibility index (Phi) is 4.22. The molecule has 0 saturated heterocycles. The summed E-state index contributed by atoms with van der Waals surface area (Å²) in [7, 11) is 0. The molecule has 1 N–H and O–H groups in total. The Labute approximate surface area is 115 Å². The summed E-state index contributed by atoms with van der Waals surface area (Å²) in [5, 5.41) is 14.0. The molecule has 0 bridgehead atoms. The average Bonchev–Trinajstić information content (AvgIpc) is 2.73. The molecule has 1 aliphatic rings. The van der Waals surface area contributed by atoms with Gasteiger partial charge in [0.1, 0.15) is 0 Å². The molecule has 0 radical (unpaired) electrons. The smallest absolute Gasteiger partial charge is 0.270 e. The summed E-state index contributed by atoms with van der Waals surface area (Å²) in [5.74, 6) is 1.49. The highest BCUT2D eigenvalue weighted by atomic mass is 79.9. The van der Waals surface area contributed by atoms with Gasteiger partial charge in [-0.25, -0.2) is 0 Å². The first kappa shape index (κ1) is 13.3. The molecule has 2 atom stereocenters. The number of nitrogens with zero attached hydrogens (tertiary/aromatic N) is 1. The summed E-state index contributed by atoms with van der Waals surface area (Å²) in [4.78, 5) is 10.3. The van der Waals surface area contributed by atoms with Gasteiger partial charge in [-0.3, -0.25) is 10.1 Å². The van der Waals surface area contributed by atoms with Gasteiger partial charge in [0.15, 0.2) is 0 Å². The number of nitrogens with one attached hydrogen (secondary N) is 1. The van der Waals surface area contributed by atoms with Crippen molar-refractivity contribution in [2.24, 2.45) is 11.8 Å². The van der Waals surface area contributed by atoms with Crippen LogP contribution in [0.1, 0.15) is 26.2 Å². The Hall–Kier alpha value is -1.10. The number of hydrogen-bond acceptors (Lipinski definition) is 3. The van der Waals surface area contributed by atoms with Crippen LogP contribution in [-0.4, -0.2) is 11.5 Å². The van der Waals surface area contributed by atoms with Crippen LogP contribution in [0.25, 0.3) is 0 Å². The molecule has 2 unspecified atom stereocenters. The lowest BCUT2D eigenvalue weighted by Gasteiger charge is -2.17. The van der Waals surface area contributed by atoms with Crippen molar-refractivity contribution in [1.29, 1.82) is 0 Å². The number of rotatable bonds is 4. The summed E-state index contributed by atoms with van der Waals surface area (Å²) in [6, 6.07) is 4.84. The van der Waals surface area contributed by atoms with E-state index in [1.807, 2.05) is 0 Å². The zero-order chi connectivity index (χ0) is 13.1. The van der Waals surface area contributed by atoms with Crippen molar-refractivity contribution in [3.05, 3.63) is 32.8 Å². The minimum absolute atomic E-state index is 0.113. The molecule has 0 aromatic heterocycles. The van der Waals surface area contributed by atoms with E-state index >= 15 is 0 Å². The molecule has 0 amide bonds. The monoisotopic (exact) mass is 312 g/mol. The molecule has 1 aliphatic carbocycles. The molecule has 0 aliphatic heterocycles. The maximum atomic E-state index is 10.6. The lowest BCUT2D eigenvalue weighted by Crippen LogP contribution is -2.16. The van der Waals surface area contributed by atoms with E-state index in [-0.39, 0.29) is 10.6 Å². The van der Waals surface area contributed by atoms with Crippen LogP contribution < -0.4 is 5.32 Å². The molecule has 1 fully saturated rings. The average molecular weight is 313 g/mol. The Morgan fingerprint density at radius 3 is 2.83 bits per heavy atom. The molecular weight excluding hydrogens is 296 g/mol. The number of nitro benzene ring substituents is 1. The molecule has 0 heterocycles. The first-order valence-electron chi connectivity index (χ1n) is 6.25. The zero-order valence-corrected chi connectivity index (χ0v) is 11.9. The molecule has 98 valence electrons. The number of non-ortho nitro benzene ring substituents is 1. The van der Waals surface area contributed by atoms with Crippen LogP contribution in [0.2, 0.25) is 0 Å². The van der Waals surface area contributed by atoms with Gasteiger partial charge in [-0.1, -0.05) is 19.8 Å². The van der Waals surface area contributed by atoms with Crippen LogP contribution in [0.5, 0.6) is 0 Å². The number of hydrogen-bond donors (Lipinski definition) is 1. The molecule has 2 rings (SSSR count). The number of halogens is 1. The van der Waals surface area contributed by atoms with Crippen LogP contribution in [0.15, 0.2) is 22.7 Å². The molecule has 18 heavy (non-hydrogen) atoms. The van der Waals surface area contributed by atoms with Crippen molar-refractivity contribution in [1.82, 2.24) is 0 Å². The van der Waals surface area contributed by atoms with Gasteiger partial charge in [-0.05, 0) is 40.3 Å². The molecule has 0 spiro atoms. The minimum atomic E-state index is -0.381. The van der Waals surface area contributed by atoms with Crippen molar-refractivity contribution < 1.29 is 4.92 Å². The summed E-state index contributed by atoms with van der Waals surface area (Å²) in [5.41, 5.74) is 1.04. The van der Waals surface area contributed by atoms with E-state index in [4.69, 9.17) is 0 Å². The van der Waals surface area contributed by atoms with Crippen molar-refractivity contribution >= 4 is 27.3 Å². The molecule has 1 saturated carbocycles. The SMILES string of the molecule is CC1CCCC1CNc1ccc([N+](=O)[O-])cc1Br. The van der Waals surface area contributed by atoms with Gasteiger partial charge in [-0.15, -0.1) is 0 Å². The van der Waals surface area contributed by atoms with Gasteiger partial charge >= 0.3 is 0 Å². The fourth-order valence-corrected chi connectivity index (χ4v) is 3.03. The van der Waals surface area contributed by atoms with Crippen LogP contribution >= 0.6 is 15.9 Å². The Morgan fingerprint density at radius 1 is 1.50 bits per heavy atom. The minimum Gasteiger partial charge on any atom is -0.384 e. The van der Waals surface area contributed by atoms with E-state index in [0.717, 1.165) is 22.6 Å². The highest BCUT2D eigenvalue weighted by Crippen LogP contribution is 2.32. The summed E-state index contributed by atoms with van der Waals surface area (Å²) in [6.45, 7) is 3.24. The Balaban J connectivity index is 1.99. The summed E-state index contributed by atoms with van der Waals surface area (Å²) >= 11 is 3.37. The third-order valence-electron chi connectivity index (χ3n) is 3.76. The number of nitro groups is 1. The lowest BCUT2D eigenvalue weighted by atomic mass is 9.98. The topological polar surface area (TPSA) is 55.2 Å². The predicted molar refractivity (Wildman–Crippen MR) is 75.8 cm³/mol. The van der Waals surface area contributed by atoms with Gasteiger partial charge in [0, 0.05) is 28.8 Å². The van der Waals surface area contributed by atoms with Gasteiger partial charge in [0.2, 0.25) is 0 Å². The molecule has 4 nitrogen and oxygen atoms in total. The van der Waals surface area contributed by atoms with Gasteiger partial charge in [0.25, 0.3) is 5.69 Å². The van der Waals surface area contributed by atoms with Crippen LogP contribution in [-0.2, 0) is 0 Å². The quantitative estimate of drug-likeness (QED) is 0.669. The van der Waals surface area contributed by atoms with Gasteiger partial charge < -0.3 is 5.32 Å².